The lowest BCUT2D eigenvalue weighted by molar-refractivity contribution is 0.0787. The SMILES string of the molecule is CN(CCCCCO)C(=O)c1cccc2c1OCCN2. The standard InChI is InChI=1S/C15H22N2O3/c1-17(9-3-2-4-10-18)15(19)12-6-5-7-13-14(12)20-11-8-16-13/h5-7,16,18H,2-4,8-11H2,1H3. The van der Waals surface area contributed by atoms with Crippen molar-refractivity contribution in [3.63, 3.8) is 0 Å². The fraction of sp³-hybridized carbons (Fsp3) is 0.533. The molecule has 1 heterocycles. The summed E-state index contributed by atoms with van der Waals surface area (Å²) in [5.74, 6) is 0.639. The fourth-order valence-electron chi connectivity index (χ4n) is 2.28. The van der Waals surface area contributed by atoms with Gasteiger partial charge in [-0.15, -0.1) is 0 Å². The van der Waals surface area contributed by atoms with Crippen LogP contribution in [-0.2, 0) is 0 Å². The van der Waals surface area contributed by atoms with Crippen LogP contribution in [-0.4, -0.2) is 49.3 Å². The van der Waals surface area contributed by atoms with Gasteiger partial charge < -0.3 is 20.1 Å². The summed E-state index contributed by atoms with van der Waals surface area (Å²) in [5, 5.41) is 12.0. The second kappa shape index (κ2) is 7.14. The molecule has 2 N–H and O–H groups in total. The third kappa shape index (κ3) is 3.42. The van der Waals surface area contributed by atoms with Crippen LogP contribution in [0.3, 0.4) is 0 Å². The van der Waals surface area contributed by atoms with Crippen LogP contribution in [0.2, 0.25) is 0 Å². The molecule has 1 aromatic carbocycles. The molecule has 1 aromatic rings. The Morgan fingerprint density at radius 3 is 3.05 bits per heavy atom. The van der Waals surface area contributed by atoms with E-state index in [2.05, 4.69) is 5.32 Å². The Bertz CT molecular complexity index is 462. The number of ether oxygens (including phenoxy) is 1. The highest BCUT2D eigenvalue weighted by Crippen LogP contribution is 2.31. The van der Waals surface area contributed by atoms with E-state index in [9.17, 15) is 4.79 Å². The molecule has 1 aliphatic rings. The molecule has 1 amide bonds. The van der Waals surface area contributed by atoms with Gasteiger partial charge in [-0.1, -0.05) is 6.07 Å². The summed E-state index contributed by atoms with van der Waals surface area (Å²) in [6.07, 6.45) is 2.62. The minimum atomic E-state index is -0.0189. The van der Waals surface area contributed by atoms with Gasteiger partial charge >= 0.3 is 0 Å². The number of nitrogens with zero attached hydrogens (tertiary/aromatic N) is 1. The number of aliphatic hydroxyl groups is 1. The number of para-hydroxylation sites is 1. The zero-order chi connectivity index (χ0) is 14.4. The minimum absolute atomic E-state index is 0.0189. The molecule has 0 atom stereocenters. The van der Waals surface area contributed by atoms with Crippen molar-refractivity contribution in [2.24, 2.45) is 0 Å². The van der Waals surface area contributed by atoms with Crippen molar-refractivity contribution in [3.05, 3.63) is 23.8 Å². The average Bonchev–Trinajstić information content (AvgIpc) is 2.50. The highest BCUT2D eigenvalue weighted by Gasteiger charge is 2.21. The highest BCUT2D eigenvalue weighted by atomic mass is 16.5. The van der Waals surface area contributed by atoms with Crippen molar-refractivity contribution in [2.75, 3.05) is 38.7 Å². The van der Waals surface area contributed by atoms with Crippen molar-refractivity contribution in [3.8, 4) is 5.75 Å². The van der Waals surface area contributed by atoms with E-state index in [4.69, 9.17) is 9.84 Å². The number of aliphatic hydroxyl groups excluding tert-OH is 1. The topological polar surface area (TPSA) is 61.8 Å². The zero-order valence-electron chi connectivity index (χ0n) is 11.9. The van der Waals surface area contributed by atoms with E-state index < -0.39 is 0 Å². The number of hydrogen-bond donors (Lipinski definition) is 2. The molecule has 0 unspecified atom stereocenters. The van der Waals surface area contributed by atoms with E-state index in [0.29, 0.717) is 24.5 Å². The predicted octanol–water partition coefficient (Wildman–Crippen LogP) is 1.73. The first-order valence-corrected chi connectivity index (χ1v) is 7.10. The van der Waals surface area contributed by atoms with Gasteiger partial charge in [0.05, 0.1) is 11.3 Å². The summed E-state index contributed by atoms with van der Waals surface area (Å²) in [4.78, 5) is 14.2. The molecule has 0 fully saturated rings. The zero-order valence-corrected chi connectivity index (χ0v) is 11.9. The maximum absolute atomic E-state index is 12.4. The highest BCUT2D eigenvalue weighted by molar-refractivity contribution is 5.98. The van der Waals surface area contributed by atoms with Crippen LogP contribution in [0.4, 0.5) is 5.69 Å². The van der Waals surface area contributed by atoms with Crippen LogP contribution in [0.25, 0.3) is 0 Å². The normalized spacial score (nSPS) is 13.1. The van der Waals surface area contributed by atoms with Gasteiger partial charge in [-0.2, -0.15) is 0 Å². The Morgan fingerprint density at radius 1 is 1.40 bits per heavy atom. The molecule has 0 aromatic heterocycles. The largest absolute Gasteiger partial charge is 0.489 e. The second-order valence-corrected chi connectivity index (χ2v) is 4.97. The molecular formula is C15H22N2O3. The average molecular weight is 278 g/mol. The summed E-state index contributed by atoms with van der Waals surface area (Å²) in [6.45, 7) is 2.25. The van der Waals surface area contributed by atoms with Crippen molar-refractivity contribution >= 4 is 11.6 Å². The molecule has 2 rings (SSSR count). The molecule has 0 radical (unpaired) electrons. The molecule has 0 saturated carbocycles. The Morgan fingerprint density at radius 2 is 2.25 bits per heavy atom. The van der Waals surface area contributed by atoms with E-state index >= 15 is 0 Å². The molecule has 0 saturated heterocycles. The molecule has 5 heteroatoms. The summed E-state index contributed by atoms with van der Waals surface area (Å²) in [6, 6.07) is 5.60. The van der Waals surface area contributed by atoms with Crippen LogP contribution < -0.4 is 10.1 Å². The molecule has 0 spiro atoms. The van der Waals surface area contributed by atoms with E-state index in [0.717, 1.165) is 31.5 Å². The smallest absolute Gasteiger partial charge is 0.257 e. The van der Waals surface area contributed by atoms with Gasteiger partial charge in [0.2, 0.25) is 0 Å². The van der Waals surface area contributed by atoms with Gasteiger partial charge in [-0.3, -0.25) is 4.79 Å². The quantitative estimate of drug-likeness (QED) is 0.778. The Balaban J connectivity index is 2.01. The lowest BCUT2D eigenvalue weighted by Gasteiger charge is -2.24. The first kappa shape index (κ1) is 14.7. The van der Waals surface area contributed by atoms with Crippen molar-refractivity contribution < 1.29 is 14.6 Å². The van der Waals surface area contributed by atoms with Gasteiger partial charge in [-0.05, 0) is 31.4 Å². The lowest BCUT2D eigenvalue weighted by atomic mass is 10.1. The lowest BCUT2D eigenvalue weighted by Crippen LogP contribution is -2.29. The first-order chi connectivity index (χ1) is 9.74. The van der Waals surface area contributed by atoms with Crippen molar-refractivity contribution in [2.45, 2.75) is 19.3 Å². The van der Waals surface area contributed by atoms with Gasteiger partial charge in [0.1, 0.15) is 6.61 Å². The summed E-state index contributed by atoms with van der Waals surface area (Å²) >= 11 is 0. The second-order valence-electron chi connectivity index (χ2n) is 4.97. The van der Waals surface area contributed by atoms with E-state index in [1.165, 1.54) is 0 Å². The van der Waals surface area contributed by atoms with Crippen molar-refractivity contribution in [1.29, 1.82) is 0 Å². The number of amides is 1. The number of carbonyl (C=O) groups is 1. The fourth-order valence-corrected chi connectivity index (χ4v) is 2.28. The number of anilines is 1. The van der Waals surface area contributed by atoms with Crippen LogP contribution >= 0.6 is 0 Å². The number of nitrogens with one attached hydrogen (secondary N) is 1. The number of benzene rings is 1. The van der Waals surface area contributed by atoms with Crippen LogP contribution in [0.15, 0.2) is 18.2 Å². The third-order valence-corrected chi connectivity index (χ3v) is 3.41. The molecule has 5 nitrogen and oxygen atoms in total. The maximum Gasteiger partial charge on any atom is 0.257 e. The van der Waals surface area contributed by atoms with E-state index in [-0.39, 0.29) is 12.5 Å². The molecule has 0 bridgehead atoms. The number of hydrogen-bond acceptors (Lipinski definition) is 4. The molecule has 0 aliphatic carbocycles. The number of carbonyl (C=O) groups excluding carboxylic acids is 1. The first-order valence-electron chi connectivity index (χ1n) is 7.10. The molecule has 20 heavy (non-hydrogen) atoms. The Labute approximate surface area is 119 Å². The number of unbranched alkanes of at least 4 members (excludes halogenated alkanes) is 2. The molecular weight excluding hydrogens is 256 g/mol. The summed E-state index contributed by atoms with van der Waals surface area (Å²) in [5.41, 5.74) is 1.50. The van der Waals surface area contributed by atoms with Gasteiger partial charge in [0, 0.05) is 26.7 Å². The predicted molar refractivity (Wildman–Crippen MR) is 78.3 cm³/mol. The van der Waals surface area contributed by atoms with Gasteiger partial charge in [0.25, 0.3) is 5.91 Å². The summed E-state index contributed by atoms with van der Waals surface area (Å²) < 4.78 is 5.63. The van der Waals surface area contributed by atoms with E-state index in [1.807, 2.05) is 12.1 Å². The van der Waals surface area contributed by atoms with Gasteiger partial charge in [0.15, 0.2) is 5.75 Å². The maximum atomic E-state index is 12.4. The van der Waals surface area contributed by atoms with Gasteiger partial charge in [-0.25, -0.2) is 0 Å². The molecule has 110 valence electrons. The third-order valence-electron chi connectivity index (χ3n) is 3.41. The van der Waals surface area contributed by atoms with Crippen molar-refractivity contribution in [1.82, 2.24) is 4.90 Å². The Kier molecular flexibility index (Phi) is 5.24. The monoisotopic (exact) mass is 278 g/mol. The Hall–Kier alpha value is -1.75. The van der Waals surface area contributed by atoms with Crippen LogP contribution in [0, 0.1) is 0 Å². The van der Waals surface area contributed by atoms with Crippen LogP contribution in [0.1, 0.15) is 29.6 Å². The van der Waals surface area contributed by atoms with Crippen LogP contribution in [0.5, 0.6) is 5.75 Å². The number of rotatable bonds is 6. The van der Waals surface area contributed by atoms with E-state index in [1.54, 1.807) is 18.0 Å². The molecule has 1 aliphatic heterocycles. The summed E-state index contributed by atoms with van der Waals surface area (Å²) in [7, 11) is 1.80. The minimum Gasteiger partial charge on any atom is -0.489 e. The number of fused-ring (bicyclic) bond motifs is 1.